The number of aromatic nitrogens is 1. The summed E-state index contributed by atoms with van der Waals surface area (Å²) in [6.45, 7) is 4.96. The highest BCUT2D eigenvalue weighted by Gasteiger charge is 2.25. The summed E-state index contributed by atoms with van der Waals surface area (Å²) in [5.41, 5.74) is 0.464. The van der Waals surface area contributed by atoms with Crippen LogP contribution in [-0.4, -0.2) is 36.2 Å². The summed E-state index contributed by atoms with van der Waals surface area (Å²) in [6.07, 6.45) is 3.62. The van der Waals surface area contributed by atoms with Crippen LogP contribution < -0.4 is 9.47 Å². The smallest absolute Gasteiger partial charge is 0.257 e. The third kappa shape index (κ3) is 2.52. The summed E-state index contributed by atoms with van der Waals surface area (Å²) in [7, 11) is 0. The number of piperidine rings is 1. The number of hydrogen-bond donors (Lipinski definition) is 0. The highest BCUT2D eigenvalue weighted by molar-refractivity contribution is 5.37. The average molecular weight is 266 g/mol. The van der Waals surface area contributed by atoms with Crippen molar-refractivity contribution in [2.45, 2.75) is 32.2 Å². The summed E-state index contributed by atoms with van der Waals surface area (Å²) in [5, 5.41) is 0. The van der Waals surface area contributed by atoms with Crippen LogP contribution in [-0.2, 0) is 0 Å². The molecule has 19 heavy (non-hydrogen) atoms. The Kier molecular flexibility index (Phi) is 3.55. The topological polar surface area (TPSA) is 34.6 Å². The van der Waals surface area contributed by atoms with E-state index >= 15 is 0 Å². The Labute approximate surface area is 112 Å². The molecule has 0 spiro atoms. The molecule has 0 radical (unpaired) electrons. The highest BCUT2D eigenvalue weighted by atomic mass is 19.1. The summed E-state index contributed by atoms with van der Waals surface area (Å²) in [4.78, 5) is 6.61. The molecule has 0 N–H and O–H groups in total. The maximum atomic E-state index is 14.2. The van der Waals surface area contributed by atoms with E-state index < -0.39 is 0 Å². The minimum Gasteiger partial charge on any atom is -0.484 e. The Morgan fingerprint density at radius 3 is 2.74 bits per heavy atom. The van der Waals surface area contributed by atoms with Gasteiger partial charge in [-0.1, -0.05) is 6.42 Å². The molecule has 1 unspecified atom stereocenters. The first kappa shape index (κ1) is 12.7. The van der Waals surface area contributed by atoms with E-state index in [0.717, 1.165) is 13.1 Å². The monoisotopic (exact) mass is 266 g/mol. The van der Waals surface area contributed by atoms with Crippen LogP contribution >= 0.6 is 0 Å². The van der Waals surface area contributed by atoms with Gasteiger partial charge in [-0.3, -0.25) is 4.90 Å². The molecule has 0 amide bonds. The minimum atomic E-state index is -0.303. The van der Waals surface area contributed by atoms with E-state index in [1.165, 1.54) is 25.3 Å². The van der Waals surface area contributed by atoms with Crippen LogP contribution in [0.1, 0.15) is 37.9 Å². The van der Waals surface area contributed by atoms with Crippen molar-refractivity contribution in [3.05, 3.63) is 17.6 Å². The lowest BCUT2D eigenvalue weighted by molar-refractivity contribution is 0.152. The van der Waals surface area contributed by atoms with Crippen LogP contribution in [0, 0.1) is 5.82 Å². The zero-order valence-electron chi connectivity index (χ0n) is 11.2. The Balaban J connectivity index is 1.86. The van der Waals surface area contributed by atoms with Crippen molar-refractivity contribution in [2.75, 3.05) is 26.3 Å². The first-order chi connectivity index (χ1) is 9.25. The van der Waals surface area contributed by atoms with E-state index in [9.17, 15) is 4.39 Å². The zero-order valence-corrected chi connectivity index (χ0v) is 11.2. The molecule has 1 fully saturated rings. The highest BCUT2D eigenvalue weighted by Crippen LogP contribution is 2.33. The molecule has 104 valence electrons. The molecule has 1 atom stereocenters. The third-order valence-corrected chi connectivity index (χ3v) is 3.85. The molecule has 3 rings (SSSR count). The Hall–Kier alpha value is -1.36. The Morgan fingerprint density at radius 2 is 1.95 bits per heavy atom. The number of hydrogen-bond acceptors (Lipinski definition) is 4. The summed E-state index contributed by atoms with van der Waals surface area (Å²) in [6, 6.07) is 1.38. The van der Waals surface area contributed by atoms with E-state index in [-0.39, 0.29) is 11.9 Å². The lowest BCUT2D eigenvalue weighted by Crippen LogP contribution is -2.33. The largest absolute Gasteiger partial charge is 0.484 e. The van der Waals surface area contributed by atoms with Crippen molar-refractivity contribution in [2.24, 2.45) is 0 Å². The Bertz CT molecular complexity index is 461. The van der Waals surface area contributed by atoms with Gasteiger partial charge in [-0.25, -0.2) is 9.37 Å². The molecule has 0 aliphatic carbocycles. The van der Waals surface area contributed by atoms with Gasteiger partial charge in [0.2, 0.25) is 0 Å². The predicted octanol–water partition coefficient (Wildman–Crippen LogP) is 2.54. The van der Waals surface area contributed by atoms with Gasteiger partial charge in [0, 0.05) is 6.07 Å². The lowest BCUT2D eigenvalue weighted by Gasteiger charge is -2.32. The molecule has 1 aromatic rings. The van der Waals surface area contributed by atoms with Gasteiger partial charge in [-0.2, -0.15) is 0 Å². The van der Waals surface area contributed by atoms with Gasteiger partial charge in [0.1, 0.15) is 19.0 Å². The number of ether oxygens (including phenoxy) is 2. The molecule has 0 aromatic carbocycles. The van der Waals surface area contributed by atoms with Crippen molar-refractivity contribution in [3.8, 4) is 11.6 Å². The molecular formula is C14H19FN2O2. The molecule has 0 bridgehead atoms. The second kappa shape index (κ2) is 5.33. The van der Waals surface area contributed by atoms with Crippen molar-refractivity contribution >= 4 is 0 Å². The van der Waals surface area contributed by atoms with Crippen molar-refractivity contribution < 1.29 is 13.9 Å². The molecular weight excluding hydrogens is 247 g/mol. The van der Waals surface area contributed by atoms with Crippen LogP contribution in [0.5, 0.6) is 11.6 Å². The minimum absolute atomic E-state index is 0.0175. The molecule has 1 aromatic heterocycles. The lowest BCUT2D eigenvalue weighted by atomic mass is 10.1. The van der Waals surface area contributed by atoms with Gasteiger partial charge in [0.05, 0.1) is 11.7 Å². The normalized spacial score (nSPS) is 21.2. The first-order valence-corrected chi connectivity index (χ1v) is 6.96. The summed E-state index contributed by atoms with van der Waals surface area (Å²) < 4.78 is 24.9. The predicted molar refractivity (Wildman–Crippen MR) is 69.0 cm³/mol. The quantitative estimate of drug-likeness (QED) is 0.824. The van der Waals surface area contributed by atoms with Crippen LogP contribution in [0.2, 0.25) is 0 Å². The number of likely N-dealkylation sites (tertiary alicyclic amines) is 1. The van der Waals surface area contributed by atoms with Gasteiger partial charge >= 0.3 is 0 Å². The van der Waals surface area contributed by atoms with Crippen LogP contribution in [0.25, 0.3) is 0 Å². The fourth-order valence-corrected chi connectivity index (χ4v) is 2.74. The van der Waals surface area contributed by atoms with E-state index in [1.807, 2.05) is 6.92 Å². The van der Waals surface area contributed by atoms with Gasteiger partial charge in [0.25, 0.3) is 5.88 Å². The molecule has 3 heterocycles. The van der Waals surface area contributed by atoms with Crippen LogP contribution in [0.4, 0.5) is 4.39 Å². The molecule has 5 heteroatoms. The second-order valence-corrected chi connectivity index (χ2v) is 5.13. The SMILES string of the molecule is CC(c1nc2c(cc1F)OCCO2)N1CCCCC1. The molecule has 2 aliphatic heterocycles. The van der Waals surface area contributed by atoms with E-state index in [2.05, 4.69) is 9.88 Å². The summed E-state index contributed by atoms with van der Waals surface area (Å²) in [5.74, 6) is 0.534. The Morgan fingerprint density at radius 1 is 1.21 bits per heavy atom. The molecule has 0 saturated carbocycles. The first-order valence-electron chi connectivity index (χ1n) is 6.96. The maximum absolute atomic E-state index is 14.2. The average Bonchev–Trinajstić information content (AvgIpc) is 2.47. The van der Waals surface area contributed by atoms with Crippen LogP contribution in [0.3, 0.4) is 0 Å². The summed E-state index contributed by atoms with van der Waals surface area (Å²) >= 11 is 0. The van der Waals surface area contributed by atoms with Gasteiger partial charge in [0.15, 0.2) is 5.75 Å². The number of rotatable bonds is 2. The number of pyridine rings is 1. The van der Waals surface area contributed by atoms with E-state index in [1.54, 1.807) is 0 Å². The van der Waals surface area contributed by atoms with Gasteiger partial charge in [-0.15, -0.1) is 0 Å². The standard InChI is InChI=1S/C14H19FN2O2/c1-10(17-5-3-2-4-6-17)13-11(15)9-12-14(16-13)19-8-7-18-12/h9-10H,2-8H2,1H3. The molecule has 2 aliphatic rings. The molecule has 1 saturated heterocycles. The third-order valence-electron chi connectivity index (χ3n) is 3.85. The van der Waals surface area contributed by atoms with E-state index in [4.69, 9.17) is 9.47 Å². The van der Waals surface area contributed by atoms with Crippen molar-refractivity contribution in [3.63, 3.8) is 0 Å². The number of nitrogens with zero attached hydrogens (tertiary/aromatic N) is 2. The van der Waals surface area contributed by atoms with Crippen molar-refractivity contribution in [1.29, 1.82) is 0 Å². The fraction of sp³-hybridized carbons (Fsp3) is 0.643. The van der Waals surface area contributed by atoms with Crippen molar-refractivity contribution in [1.82, 2.24) is 9.88 Å². The zero-order chi connectivity index (χ0) is 13.2. The van der Waals surface area contributed by atoms with E-state index in [0.29, 0.717) is 30.5 Å². The fourth-order valence-electron chi connectivity index (χ4n) is 2.74. The van der Waals surface area contributed by atoms with Gasteiger partial charge < -0.3 is 9.47 Å². The molecule has 4 nitrogen and oxygen atoms in total. The number of halogens is 1. The maximum Gasteiger partial charge on any atom is 0.257 e. The van der Waals surface area contributed by atoms with Gasteiger partial charge in [-0.05, 0) is 32.9 Å². The second-order valence-electron chi connectivity index (χ2n) is 5.13. The number of fused-ring (bicyclic) bond motifs is 1. The van der Waals surface area contributed by atoms with Crippen LogP contribution in [0.15, 0.2) is 6.07 Å².